The monoisotopic (exact) mass is 376 g/mol. The van der Waals surface area contributed by atoms with Gasteiger partial charge < -0.3 is 13.6 Å². The summed E-state index contributed by atoms with van der Waals surface area (Å²) in [7, 11) is 0. The molecular formula is C23H20O5. The summed E-state index contributed by atoms with van der Waals surface area (Å²) >= 11 is 0. The van der Waals surface area contributed by atoms with Crippen LogP contribution in [0.1, 0.15) is 27.8 Å². The van der Waals surface area contributed by atoms with Gasteiger partial charge in [0.25, 0.3) is 0 Å². The van der Waals surface area contributed by atoms with Crippen LogP contribution in [-0.4, -0.2) is 5.97 Å². The first kappa shape index (κ1) is 18.0. The van der Waals surface area contributed by atoms with Gasteiger partial charge in [0, 0.05) is 28.0 Å². The first-order chi connectivity index (χ1) is 13.4. The number of hydrogen-bond donors (Lipinski definition) is 0. The molecule has 2 aromatic heterocycles. The molecule has 0 aliphatic heterocycles. The maximum Gasteiger partial charge on any atom is 0.336 e. The van der Waals surface area contributed by atoms with Crippen molar-refractivity contribution in [3.8, 4) is 0 Å². The van der Waals surface area contributed by atoms with E-state index in [-0.39, 0.29) is 19.0 Å². The predicted octanol–water partition coefficient (Wildman–Crippen LogP) is 4.75. The van der Waals surface area contributed by atoms with E-state index in [4.69, 9.17) is 13.6 Å². The molecule has 2 heterocycles. The minimum absolute atomic E-state index is 0.0118. The molecule has 0 amide bonds. The van der Waals surface area contributed by atoms with E-state index in [1.165, 1.54) is 6.07 Å². The van der Waals surface area contributed by atoms with Crippen molar-refractivity contribution in [2.45, 2.75) is 33.8 Å². The van der Waals surface area contributed by atoms with Gasteiger partial charge in [-0.3, -0.25) is 4.79 Å². The van der Waals surface area contributed by atoms with Crippen LogP contribution in [0.15, 0.2) is 56.3 Å². The lowest BCUT2D eigenvalue weighted by Crippen LogP contribution is -2.09. The molecule has 28 heavy (non-hydrogen) atoms. The molecule has 4 rings (SSSR count). The topological polar surface area (TPSA) is 69.7 Å². The highest BCUT2D eigenvalue weighted by Crippen LogP contribution is 2.25. The fourth-order valence-electron chi connectivity index (χ4n) is 3.29. The van der Waals surface area contributed by atoms with Gasteiger partial charge in [-0.1, -0.05) is 12.1 Å². The minimum atomic E-state index is -0.462. The molecular weight excluding hydrogens is 356 g/mol. The Morgan fingerprint density at radius 1 is 0.929 bits per heavy atom. The highest BCUT2D eigenvalue weighted by atomic mass is 16.5. The Morgan fingerprint density at radius 2 is 1.71 bits per heavy atom. The molecule has 0 aliphatic rings. The summed E-state index contributed by atoms with van der Waals surface area (Å²) in [6.45, 7) is 5.98. The second-order valence-electron chi connectivity index (χ2n) is 7.12. The molecule has 0 aliphatic carbocycles. The van der Waals surface area contributed by atoms with Crippen LogP contribution in [0.5, 0.6) is 0 Å². The SMILES string of the molecule is Cc1ccc2c(COC(=O)Cc3coc4cc(C)c(C)cc34)cc(=O)oc2c1. The minimum Gasteiger partial charge on any atom is -0.464 e. The van der Waals surface area contributed by atoms with Gasteiger partial charge in [-0.15, -0.1) is 0 Å². The summed E-state index contributed by atoms with van der Waals surface area (Å²) in [6, 6.07) is 10.9. The lowest BCUT2D eigenvalue weighted by Gasteiger charge is -2.07. The average molecular weight is 376 g/mol. The Kier molecular flexibility index (Phi) is 4.51. The van der Waals surface area contributed by atoms with Gasteiger partial charge in [0.15, 0.2) is 0 Å². The molecule has 0 N–H and O–H groups in total. The van der Waals surface area contributed by atoms with Crippen molar-refractivity contribution in [1.29, 1.82) is 0 Å². The zero-order valence-electron chi connectivity index (χ0n) is 16.0. The van der Waals surface area contributed by atoms with Crippen LogP contribution in [0.2, 0.25) is 0 Å². The van der Waals surface area contributed by atoms with E-state index in [0.29, 0.717) is 11.1 Å². The molecule has 0 saturated carbocycles. The number of furan rings is 1. The van der Waals surface area contributed by atoms with Crippen molar-refractivity contribution in [3.63, 3.8) is 0 Å². The third-order valence-corrected chi connectivity index (χ3v) is 4.98. The van der Waals surface area contributed by atoms with E-state index in [1.807, 2.05) is 45.0 Å². The van der Waals surface area contributed by atoms with Gasteiger partial charge >= 0.3 is 11.6 Å². The summed E-state index contributed by atoms with van der Waals surface area (Å²) in [6.07, 6.45) is 1.70. The molecule has 2 aromatic carbocycles. The highest BCUT2D eigenvalue weighted by molar-refractivity contribution is 5.87. The van der Waals surface area contributed by atoms with E-state index in [2.05, 4.69) is 0 Å². The molecule has 0 radical (unpaired) electrons. The van der Waals surface area contributed by atoms with Crippen molar-refractivity contribution >= 4 is 27.9 Å². The Labute approximate surface area is 161 Å². The van der Waals surface area contributed by atoms with Gasteiger partial charge in [0.1, 0.15) is 17.8 Å². The largest absolute Gasteiger partial charge is 0.464 e. The summed E-state index contributed by atoms with van der Waals surface area (Å²) < 4.78 is 16.2. The zero-order valence-corrected chi connectivity index (χ0v) is 16.0. The van der Waals surface area contributed by atoms with Crippen LogP contribution in [0.3, 0.4) is 0 Å². The van der Waals surface area contributed by atoms with Crippen molar-refractivity contribution in [2.24, 2.45) is 0 Å². The van der Waals surface area contributed by atoms with Gasteiger partial charge in [0.05, 0.1) is 12.7 Å². The molecule has 4 aromatic rings. The second kappa shape index (κ2) is 7.00. The first-order valence-corrected chi connectivity index (χ1v) is 9.07. The van der Waals surface area contributed by atoms with E-state index in [1.54, 1.807) is 12.3 Å². The van der Waals surface area contributed by atoms with Crippen molar-refractivity contribution in [3.05, 3.63) is 80.9 Å². The standard InChI is InChI=1S/C23H20O5/c1-13-4-5-18-16(10-23(25)28-21(18)6-13)12-27-22(24)9-17-11-26-20-8-15(3)14(2)7-19(17)20/h4-8,10-11H,9,12H2,1-3H3. The van der Waals surface area contributed by atoms with Gasteiger partial charge in [-0.2, -0.15) is 0 Å². The molecule has 0 bridgehead atoms. The summed E-state index contributed by atoms with van der Waals surface area (Å²) in [4.78, 5) is 24.2. The lowest BCUT2D eigenvalue weighted by molar-refractivity contribution is -0.144. The number of carbonyl (C=O) groups is 1. The van der Waals surface area contributed by atoms with Gasteiger partial charge in [0.2, 0.25) is 0 Å². The van der Waals surface area contributed by atoms with Crippen LogP contribution in [0, 0.1) is 20.8 Å². The number of fused-ring (bicyclic) bond motifs is 2. The third-order valence-electron chi connectivity index (χ3n) is 4.98. The Bertz CT molecular complexity index is 1260. The third kappa shape index (κ3) is 3.43. The Hall–Kier alpha value is -3.34. The summed E-state index contributed by atoms with van der Waals surface area (Å²) in [5.41, 5.74) is 5.47. The van der Waals surface area contributed by atoms with E-state index in [0.717, 1.165) is 38.6 Å². The number of benzene rings is 2. The van der Waals surface area contributed by atoms with Crippen molar-refractivity contribution in [2.75, 3.05) is 0 Å². The van der Waals surface area contributed by atoms with E-state index in [9.17, 15) is 9.59 Å². The van der Waals surface area contributed by atoms with Crippen molar-refractivity contribution in [1.82, 2.24) is 0 Å². The smallest absolute Gasteiger partial charge is 0.336 e. The average Bonchev–Trinajstić information content (AvgIpc) is 3.01. The molecule has 0 atom stereocenters. The fraction of sp³-hybridized carbons (Fsp3) is 0.217. The first-order valence-electron chi connectivity index (χ1n) is 9.07. The second-order valence-corrected chi connectivity index (χ2v) is 7.12. The zero-order chi connectivity index (χ0) is 19.8. The molecule has 0 unspecified atom stereocenters. The predicted molar refractivity (Wildman–Crippen MR) is 106 cm³/mol. The van der Waals surface area contributed by atoms with E-state index >= 15 is 0 Å². The molecule has 0 spiro atoms. The molecule has 142 valence electrons. The number of ether oxygens (including phenoxy) is 1. The van der Waals surface area contributed by atoms with E-state index < -0.39 is 5.63 Å². The normalized spacial score (nSPS) is 11.2. The maximum atomic E-state index is 12.4. The van der Waals surface area contributed by atoms with Crippen LogP contribution < -0.4 is 5.63 Å². The number of hydrogen-bond acceptors (Lipinski definition) is 5. The Balaban J connectivity index is 1.53. The van der Waals surface area contributed by atoms with Crippen LogP contribution in [-0.2, 0) is 22.6 Å². The van der Waals surface area contributed by atoms with Crippen molar-refractivity contribution < 1.29 is 18.4 Å². The number of rotatable bonds is 4. The summed E-state index contributed by atoms with van der Waals surface area (Å²) in [5.74, 6) is -0.380. The maximum absolute atomic E-state index is 12.4. The lowest BCUT2D eigenvalue weighted by atomic mass is 10.0. The fourth-order valence-corrected chi connectivity index (χ4v) is 3.29. The molecule has 5 heteroatoms. The number of carbonyl (C=O) groups excluding carboxylic acids is 1. The quantitative estimate of drug-likeness (QED) is 0.380. The summed E-state index contributed by atoms with van der Waals surface area (Å²) in [5, 5.41) is 1.68. The molecule has 5 nitrogen and oxygen atoms in total. The molecule has 0 saturated heterocycles. The van der Waals surface area contributed by atoms with Gasteiger partial charge in [-0.25, -0.2) is 4.79 Å². The number of esters is 1. The highest BCUT2D eigenvalue weighted by Gasteiger charge is 2.14. The number of aryl methyl sites for hydroxylation is 3. The van der Waals surface area contributed by atoms with Crippen LogP contribution in [0.4, 0.5) is 0 Å². The van der Waals surface area contributed by atoms with Crippen LogP contribution in [0.25, 0.3) is 21.9 Å². The Morgan fingerprint density at radius 3 is 2.54 bits per heavy atom. The van der Waals surface area contributed by atoms with Gasteiger partial charge in [-0.05, 0) is 55.7 Å². The van der Waals surface area contributed by atoms with Crippen LogP contribution >= 0.6 is 0 Å². The molecule has 0 fully saturated rings.